The molecular weight excluding hydrogens is 323 g/mol. The van der Waals surface area contributed by atoms with E-state index in [1.54, 1.807) is 6.07 Å². The van der Waals surface area contributed by atoms with Crippen LogP contribution in [0.3, 0.4) is 0 Å². The molecule has 8 heteroatoms. The lowest BCUT2D eigenvalue weighted by Gasteiger charge is -2.19. The number of benzene rings is 1. The molecule has 24 heavy (non-hydrogen) atoms. The van der Waals surface area contributed by atoms with Crippen molar-refractivity contribution < 1.29 is 22.8 Å². The molecule has 1 aromatic rings. The highest BCUT2D eigenvalue weighted by atomic mass is 19.4. The van der Waals surface area contributed by atoms with Gasteiger partial charge in [-0.1, -0.05) is 18.2 Å². The normalized spacial score (nSPS) is 23.8. The van der Waals surface area contributed by atoms with E-state index in [1.807, 2.05) is 0 Å². The number of carbonyl (C=O) groups is 2. The minimum absolute atomic E-state index is 0.171. The first-order chi connectivity index (χ1) is 11.3. The maximum absolute atomic E-state index is 13.1. The van der Waals surface area contributed by atoms with Gasteiger partial charge in [0.25, 0.3) is 5.91 Å². The van der Waals surface area contributed by atoms with Gasteiger partial charge in [0.05, 0.1) is 5.56 Å². The van der Waals surface area contributed by atoms with Crippen molar-refractivity contribution in [3.05, 3.63) is 35.4 Å². The number of hydrogen-bond donors (Lipinski definition) is 1. The Balaban J connectivity index is 1.68. The number of hydrogen-bond acceptors (Lipinski definition) is 3. The lowest BCUT2D eigenvalue weighted by atomic mass is 10.0. The third-order valence-electron chi connectivity index (χ3n) is 4.24. The van der Waals surface area contributed by atoms with Crippen LogP contribution in [0.25, 0.3) is 0 Å². The summed E-state index contributed by atoms with van der Waals surface area (Å²) in [6.45, 7) is 0. The van der Waals surface area contributed by atoms with E-state index in [2.05, 4.69) is 10.4 Å². The third-order valence-corrected chi connectivity index (χ3v) is 4.24. The van der Waals surface area contributed by atoms with E-state index in [9.17, 15) is 22.8 Å². The van der Waals surface area contributed by atoms with E-state index in [0.717, 1.165) is 11.1 Å². The molecule has 2 amide bonds. The molecule has 1 aliphatic carbocycles. The topological polar surface area (TPSA) is 61.8 Å². The van der Waals surface area contributed by atoms with Crippen LogP contribution in [0.1, 0.15) is 36.3 Å². The number of alkyl halides is 3. The quantitative estimate of drug-likeness (QED) is 0.918. The highest BCUT2D eigenvalue weighted by Gasteiger charge is 2.45. The second-order valence-electron chi connectivity index (χ2n) is 5.97. The minimum atomic E-state index is -4.41. The van der Waals surface area contributed by atoms with Crippen molar-refractivity contribution in [3.8, 4) is 0 Å². The van der Waals surface area contributed by atoms with Crippen LogP contribution in [0.2, 0.25) is 0 Å². The number of nitrogens with one attached hydrogen (secondary N) is 1. The first-order valence-electron chi connectivity index (χ1n) is 7.58. The Hall–Kier alpha value is -2.38. The molecule has 1 fully saturated rings. The zero-order valence-electron chi connectivity index (χ0n) is 12.9. The molecule has 128 valence electrons. The van der Waals surface area contributed by atoms with Crippen molar-refractivity contribution >= 4 is 17.5 Å². The van der Waals surface area contributed by atoms with Gasteiger partial charge in [0.15, 0.2) is 0 Å². The second kappa shape index (κ2) is 5.92. The smallest absolute Gasteiger partial charge is 0.348 e. The maximum Gasteiger partial charge on any atom is 0.416 e. The van der Waals surface area contributed by atoms with Gasteiger partial charge in [-0.25, -0.2) is 5.01 Å². The molecular formula is C16H16F3N3O2. The molecule has 0 saturated heterocycles. The Bertz CT molecular complexity index is 715. The highest BCUT2D eigenvalue weighted by Crippen LogP contribution is 2.46. The van der Waals surface area contributed by atoms with Gasteiger partial charge in [0, 0.05) is 31.8 Å². The molecule has 3 rings (SSSR count). The van der Waals surface area contributed by atoms with Gasteiger partial charge in [0.2, 0.25) is 5.91 Å². The Kier molecular flexibility index (Phi) is 4.06. The summed E-state index contributed by atoms with van der Waals surface area (Å²) < 4.78 is 39.2. The monoisotopic (exact) mass is 339 g/mol. The molecule has 0 bridgehead atoms. The van der Waals surface area contributed by atoms with Crippen LogP contribution in [0.5, 0.6) is 0 Å². The van der Waals surface area contributed by atoms with E-state index in [-0.39, 0.29) is 42.0 Å². The van der Waals surface area contributed by atoms with E-state index in [0.29, 0.717) is 6.42 Å². The molecule has 1 N–H and O–H groups in total. The maximum atomic E-state index is 13.1. The number of amides is 2. The van der Waals surface area contributed by atoms with Crippen molar-refractivity contribution in [2.45, 2.75) is 37.4 Å². The van der Waals surface area contributed by atoms with Gasteiger partial charge in [-0.3, -0.25) is 9.59 Å². The summed E-state index contributed by atoms with van der Waals surface area (Å²) in [5.41, 5.74) is -0.230. The molecule has 0 unspecified atom stereocenters. The molecule has 0 radical (unpaired) electrons. The van der Waals surface area contributed by atoms with Crippen LogP contribution in [0, 0.1) is 0 Å². The summed E-state index contributed by atoms with van der Waals surface area (Å²) >= 11 is 0. The van der Waals surface area contributed by atoms with Crippen LogP contribution in [0.4, 0.5) is 13.2 Å². The fraction of sp³-hybridized carbons (Fsp3) is 0.438. The SMILES string of the molecule is CN1N=C(C(=O)N[C@@H]2C[C@H]2c2ccccc2C(F)(F)F)CCC1=O. The Morgan fingerprint density at radius 2 is 2.00 bits per heavy atom. The average Bonchev–Trinajstić information content (AvgIpc) is 3.28. The molecule has 1 aromatic carbocycles. The van der Waals surface area contributed by atoms with Crippen molar-refractivity contribution in [1.29, 1.82) is 0 Å². The first kappa shape index (κ1) is 16.5. The molecule has 2 aliphatic rings. The van der Waals surface area contributed by atoms with Gasteiger partial charge >= 0.3 is 6.18 Å². The Labute approximate surface area is 136 Å². The minimum Gasteiger partial charge on any atom is -0.348 e. The van der Waals surface area contributed by atoms with E-state index >= 15 is 0 Å². The van der Waals surface area contributed by atoms with Crippen molar-refractivity contribution in [1.82, 2.24) is 10.3 Å². The molecule has 1 heterocycles. The van der Waals surface area contributed by atoms with Crippen molar-refractivity contribution in [2.24, 2.45) is 5.10 Å². The summed E-state index contributed by atoms with van der Waals surface area (Å²) in [4.78, 5) is 23.5. The fourth-order valence-electron chi connectivity index (χ4n) is 2.86. The summed E-state index contributed by atoms with van der Waals surface area (Å²) in [6.07, 6.45) is -3.51. The molecule has 0 spiro atoms. The number of hydrazone groups is 1. The molecule has 1 saturated carbocycles. The lowest BCUT2D eigenvalue weighted by Crippen LogP contribution is -2.38. The van der Waals surface area contributed by atoms with Gasteiger partial charge in [-0.15, -0.1) is 0 Å². The van der Waals surface area contributed by atoms with Crippen LogP contribution in [-0.2, 0) is 15.8 Å². The highest BCUT2D eigenvalue weighted by molar-refractivity contribution is 6.39. The van der Waals surface area contributed by atoms with Crippen molar-refractivity contribution in [3.63, 3.8) is 0 Å². The predicted molar refractivity (Wildman–Crippen MR) is 80.2 cm³/mol. The van der Waals surface area contributed by atoms with E-state index in [1.165, 1.54) is 19.2 Å². The lowest BCUT2D eigenvalue weighted by molar-refractivity contribution is -0.138. The number of carbonyl (C=O) groups excluding carboxylic acids is 2. The third kappa shape index (κ3) is 3.27. The molecule has 2 atom stereocenters. The van der Waals surface area contributed by atoms with Gasteiger partial charge in [-0.2, -0.15) is 18.3 Å². The van der Waals surface area contributed by atoms with E-state index < -0.39 is 17.6 Å². The first-order valence-corrected chi connectivity index (χ1v) is 7.58. The Morgan fingerprint density at radius 1 is 1.29 bits per heavy atom. The average molecular weight is 339 g/mol. The summed E-state index contributed by atoms with van der Waals surface area (Å²) in [7, 11) is 1.47. The summed E-state index contributed by atoms with van der Waals surface area (Å²) in [6, 6.07) is 5.08. The summed E-state index contributed by atoms with van der Waals surface area (Å²) in [5.74, 6) is -0.948. The van der Waals surface area contributed by atoms with E-state index in [4.69, 9.17) is 0 Å². The largest absolute Gasteiger partial charge is 0.416 e. The van der Waals surface area contributed by atoms with Crippen LogP contribution in [-0.4, -0.2) is 35.6 Å². The van der Waals surface area contributed by atoms with Crippen LogP contribution < -0.4 is 5.32 Å². The zero-order valence-corrected chi connectivity index (χ0v) is 12.9. The number of halogens is 3. The van der Waals surface area contributed by atoms with Gasteiger partial charge < -0.3 is 5.32 Å². The zero-order chi connectivity index (χ0) is 17.5. The van der Waals surface area contributed by atoms with Crippen molar-refractivity contribution in [2.75, 3.05) is 7.05 Å². The fourth-order valence-corrected chi connectivity index (χ4v) is 2.86. The summed E-state index contributed by atoms with van der Waals surface area (Å²) in [5, 5.41) is 7.73. The Morgan fingerprint density at radius 3 is 2.67 bits per heavy atom. The van der Waals surface area contributed by atoms with Gasteiger partial charge in [-0.05, 0) is 18.1 Å². The number of nitrogens with zero attached hydrogens (tertiary/aromatic N) is 2. The standard InChI is InChI=1S/C16H16F3N3O2/c1-22-14(23)7-6-12(21-22)15(24)20-13-8-10(13)9-4-2-3-5-11(9)16(17,18)19/h2-5,10,13H,6-8H2,1H3,(H,20,24)/t10-,13+/m0/s1. The molecule has 5 nitrogen and oxygen atoms in total. The number of rotatable bonds is 3. The molecule has 1 aliphatic heterocycles. The second-order valence-corrected chi connectivity index (χ2v) is 5.97. The van der Waals surface area contributed by atoms with Crippen LogP contribution >= 0.6 is 0 Å². The van der Waals surface area contributed by atoms with Crippen LogP contribution in [0.15, 0.2) is 29.4 Å². The molecule has 0 aromatic heterocycles. The van der Waals surface area contributed by atoms with Gasteiger partial charge in [0.1, 0.15) is 5.71 Å². The predicted octanol–water partition coefficient (Wildman–Crippen LogP) is 2.29.